The molecule has 0 bridgehead atoms. The first kappa shape index (κ1) is 15.6. The molecule has 0 heterocycles. The molecule has 104 valence electrons. The second-order valence-corrected chi connectivity index (χ2v) is 6.05. The molecule has 21 heavy (non-hydrogen) atoms. The molecule has 0 fully saturated rings. The van der Waals surface area contributed by atoms with Gasteiger partial charge < -0.3 is 0 Å². The lowest BCUT2D eigenvalue weighted by Crippen LogP contribution is -1.92. The fourth-order valence-corrected chi connectivity index (χ4v) is 3.17. The zero-order valence-electron chi connectivity index (χ0n) is 11.3. The van der Waals surface area contributed by atoms with Crippen LogP contribution >= 0.6 is 24.1 Å². The molecule has 0 N–H and O–H groups in total. The maximum absolute atomic E-state index is 5.60. The maximum atomic E-state index is 5.60. The van der Waals surface area contributed by atoms with Gasteiger partial charge >= 0.3 is 0 Å². The SMILES string of the molecule is C#CC(SOSC(C#C)c1ccccc1)c1ccccc1. The molecule has 2 unspecified atom stereocenters. The van der Waals surface area contributed by atoms with Crippen molar-refractivity contribution in [3.8, 4) is 24.7 Å². The van der Waals surface area contributed by atoms with Crippen LogP contribution in [0, 0.1) is 24.7 Å². The van der Waals surface area contributed by atoms with Crippen molar-refractivity contribution in [3.05, 3.63) is 71.8 Å². The molecule has 2 aromatic carbocycles. The van der Waals surface area contributed by atoms with E-state index in [0.717, 1.165) is 11.1 Å². The topological polar surface area (TPSA) is 9.23 Å². The average Bonchev–Trinajstić information content (AvgIpc) is 2.57. The van der Waals surface area contributed by atoms with Crippen LogP contribution in [0.3, 0.4) is 0 Å². The lowest BCUT2D eigenvalue weighted by molar-refractivity contribution is 0.746. The molecule has 0 aliphatic rings. The Balaban J connectivity index is 1.91. The van der Waals surface area contributed by atoms with Gasteiger partial charge in [-0.1, -0.05) is 72.5 Å². The van der Waals surface area contributed by atoms with Crippen LogP contribution in [0.1, 0.15) is 21.6 Å². The summed E-state index contributed by atoms with van der Waals surface area (Å²) >= 11 is 2.49. The monoisotopic (exact) mass is 310 g/mol. The Morgan fingerprint density at radius 2 is 1.10 bits per heavy atom. The lowest BCUT2D eigenvalue weighted by atomic mass is 10.2. The highest BCUT2D eigenvalue weighted by molar-refractivity contribution is 8.08. The van der Waals surface area contributed by atoms with E-state index in [1.807, 2.05) is 60.7 Å². The third-order valence-electron chi connectivity index (χ3n) is 2.78. The molecule has 0 aromatic heterocycles. The third kappa shape index (κ3) is 4.62. The van der Waals surface area contributed by atoms with Gasteiger partial charge in [0.05, 0.1) is 0 Å². The molecule has 1 nitrogen and oxygen atoms in total. The molecular formula is C18H14OS2. The van der Waals surface area contributed by atoms with Crippen molar-refractivity contribution in [2.24, 2.45) is 0 Å². The molecular weight excluding hydrogens is 296 g/mol. The maximum Gasteiger partial charge on any atom is 0.118 e. The van der Waals surface area contributed by atoms with Gasteiger partial charge in [-0.15, -0.1) is 12.8 Å². The van der Waals surface area contributed by atoms with Crippen molar-refractivity contribution >= 4 is 24.1 Å². The van der Waals surface area contributed by atoms with Crippen LogP contribution in [0.5, 0.6) is 0 Å². The van der Waals surface area contributed by atoms with Gasteiger partial charge in [-0.3, -0.25) is 0 Å². The Labute approximate surface area is 134 Å². The second-order valence-electron chi connectivity index (χ2n) is 4.18. The first-order valence-corrected chi connectivity index (χ1v) is 7.97. The minimum atomic E-state index is -0.145. The Bertz CT molecular complexity index is 568. The van der Waals surface area contributed by atoms with Gasteiger partial charge in [0, 0.05) is 24.1 Å². The van der Waals surface area contributed by atoms with Gasteiger partial charge in [-0.05, 0) is 11.1 Å². The highest BCUT2D eigenvalue weighted by atomic mass is 32.2. The average molecular weight is 310 g/mol. The Morgan fingerprint density at radius 1 is 0.714 bits per heavy atom. The number of hydrogen-bond donors (Lipinski definition) is 0. The molecule has 3 heteroatoms. The van der Waals surface area contributed by atoms with E-state index < -0.39 is 0 Å². The van der Waals surface area contributed by atoms with E-state index in [2.05, 4.69) is 11.8 Å². The molecule has 0 radical (unpaired) electrons. The molecule has 2 rings (SSSR count). The van der Waals surface area contributed by atoms with Crippen molar-refractivity contribution in [1.29, 1.82) is 0 Å². The fourth-order valence-electron chi connectivity index (χ4n) is 1.72. The van der Waals surface area contributed by atoms with E-state index in [9.17, 15) is 0 Å². The molecule has 0 aliphatic carbocycles. The molecule has 0 saturated carbocycles. The van der Waals surface area contributed by atoms with Crippen LogP contribution in [0.2, 0.25) is 0 Å². The van der Waals surface area contributed by atoms with Crippen LogP contribution in [0.25, 0.3) is 0 Å². The van der Waals surface area contributed by atoms with Gasteiger partial charge in [0.2, 0.25) is 0 Å². The van der Waals surface area contributed by atoms with E-state index in [1.165, 1.54) is 24.1 Å². The Morgan fingerprint density at radius 3 is 1.43 bits per heavy atom. The lowest BCUT2D eigenvalue weighted by Gasteiger charge is -2.12. The van der Waals surface area contributed by atoms with E-state index in [-0.39, 0.29) is 10.5 Å². The largest absolute Gasteiger partial charge is 0.244 e. The van der Waals surface area contributed by atoms with Gasteiger partial charge in [0.1, 0.15) is 10.5 Å². The zero-order chi connectivity index (χ0) is 14.9. The van der Waals surface area contributed by atoms with Gasteiger partial charge in [-0.25, -0.2) is 3.63 Å². The highest BCUT2D eigenvalue weighted by Crippen LogP contribution is 2.37. The first-order chi connectivity index (χ1) is 10.3. The molecule has 2 atom stereocenters. The van der Waals surface area contributed by atoms with E-state index in [1.54, 1.807) is 0 Å². The predicted octanol–water partition coefficient (Wildman–Crippen LogP) is 5.05. The van der Waals surface area contributed by atoms with Crippen LogP contribution < -0.4 is 0 Å². The highest BCUT2D eigenvalue weighted by Gasteiger charge is 2.14. The van der Waals surface area contributed by atoms with Crippen LogP contribution in [0.4, 0.5) is 0 Å². The van der Waals surface area contributed by atoms with Gasteiger partial charge in [-0.2, -0.15) is 0 Å². The second kappa shape index (κ2) is 8.49. The molecule has 0 aliphatic heterocycles. The smallest absolute Gasteiger partial charge is 0.118 e. The summed E-state index contributed by atoms with van der Waals surface area (Å²) in [5.41, 5.74) is 2.09. The third-order valence-corrected chi connectivity index (χ3v) is 4.61. The minimum absolute atomic E-state index is 0.145. The van der Waals surface area contributed by atoms with E-state index in [0.29, 0.717) is 0 Å². The van der Waals surface area contributed by atoms with Crippen LogP contribution in [-0.4, -0.2) is 0 Å². The predicted molar refractivity (Wildman–Crippen MR) is 92.3 cm³/mol. The van der Waals surface area contributed by atoms with Crippen molar-refractivity contribution in [2.45, 2.75) is 10.5 Å². The van der Waals surface area contributed by atoms with Crippen LogP contribution in [-0.2, 0) is 3.63 Å². The zero-order valence-corrected chi connectivity index (χ0v) is 12.9. The molecule has 0 spiro atoms. The minimum Gasteiger partial charge on any atom is -0.244 e. The van der Waals surface area contributed by atoms with Crippen molar-refractivity contribution in [2.75, 3.05) is 0 Å². The standard InChI is InChI=1S/C18H14OS2/c1-3-17(15-11-7-5-8-12-15)20-19-21-18(4-2)16-13-9-6-10-14-16/h1-2,5-14,17-18H. The van der Waals surface area contributed by atoms with Crippen molar-refractivity contribution in [3.63, 3.8) is 0 Å². The summed E-state index contributed by atoms with van der Waals surface area (Å²) in [7, 11) is 0. The van der Waals surface area contributed by atoms with Gasteiger partial charge in [0.15, 0.2) is 0 Å². The molecule has 0 amide bonds. The summed E-state index contributed by atoms with van der Waals surface area (Å²) in [6, 6.07) is 19.7. The van der Waals surface area contributed by atoms with Crippen molar-refractivity contribution in [1.82, 2.24) is 0 Å². The Kier molecular flexibility index (Phi) is 6.31. The normalized spacial score (nSPS) is 12.9. The number of hydrogen-bond acceptors (Lipinski definition) is 3. The number of terminal acetylenes is 2. The molecule has 0 saturated heterocycles. The Hall–Kier alpha value is -1.78. The molecule has 2 aromatic rings. The number of benzene rings is 2. The van der Waals surface area contributed by atoms with E-state index in [4.69, 9.17) is 16.5 Å². The van der Waals surface area contributed by atoms with Crippen LogP contribution in [0.15, 0.2) is 60.7 Å². The summed E-state index contributed by atoms with van der Waals surface area (Å²) in [6.45, 7) is 0. The fraction of sp³-hybridized carbons (Fsp3) is 0.111. The van der Waals surface area contributed by atoms with E-state index >= 15 is 0 Å². The van der Waals surface area contributed by atoms with Crippen molar-refractivity contribution < 1.29 is 3.63 Å². The summed E-state index contributed by atoms with van der Waals surface area (Å²) in [4.78, 5) is 0. The van der Waals surface area contributed by atoms with Gasteiger partial charge in [0.25, 0.3) is 0 Å². The first-order valence-electron chi connectivity index (χ1n) is 6.36. The summed E-state index contributed by atoms with van der Waals surface area (Å²) < 4.78 is 5.60. The quantitative estimate of drug-likeness (QED) is 0.546. The number of rotatable bonds is 6. The summed E-state index contributed by atoms with van der Waals surface area (Å²) in [6.07, 6.45) is 11.1. The summed E-state index contributed by atoms with van der Waals surface area (Å²) in [5, 5.41) is -0.291. The summed E-state index contributed by atoms with van der Waals surface area (Å²) in [5.74, 6) is 5.45.